The van der Waals surface area contributed by atoms with Gasteiger partial charge in [0.25, 0.3) is 5.56 Å². The fraction of sp³-hybridized carbons (Fsp3) is 0.318. The molecule has 1 saturated heterocycles. The molecule has 9 nitrogen and oxygen atoms in total. The maximum atomic E-state index is 13.2. The van der Waals surface area contributed by atoms with Gasteiger partial charge in [-0.25, -0.2) is 13.4 Å². The van der Waals surface area contributed by atoms with Crippen molar-refractivity contribution in [1.82, 2.24) is 13.7 Å². The summed E-state index contributed by atoms with van der Waals surface area (Å²) in [6, 6.07) is 9.90. The van der Waals surface area contributed by atoms with E-state index in [0.29, 0.717) is 5.65 Å². The molecule has 1 aliphatic heterocycles. The van der Waals surface area contributed by atoms with Crippen LogP contribution in [0.15, 0.2) is 58.4 Å². The normalized spacial score (nSPS) is 19.3. The van der Waals surface area contributed by atoms with E-state index in [1.165, 1.54) is 16.5 Å². The van der Waals surface area contributed by atoms with Gasteiger partial charge in [-0.05, 0) is 49.2 Å². The molecule has 1 aliphatic rings. The zero-order valence-corrected chi connectivity index (χ0v) is 18.4. The molecule has 2 aromatic heterocycles. The first-order valence-corrected chi connectivity index (χ1v) is 11.5. The SMILES string of the molecule is Cc1ccc(S(=O)(=O)N2CC(O)C[C@H]2C(=O)OCc2cc(=O)n3ccccc3n2)cc1C. The summed E-state index contributed by atoms with van der Waals surface area (Å²) in [5, 5.41) is 10.1. The Balaban J connectivity index is 1.54. The van der Waals surface area contributed by atoms with Gasteiger partial charge in [0.05, 0.1) is 16.7 Å². The Labute approximate surface area is 185 Å². The van der Waals surface area contributed by atoms with Crippen molar-refractivity contribution < 1.29 is 23.1 Å². The predicted molar refractivity (Wildman–Crippen MR) is 115 cm³/mol. The average molecular weight is 458 g/mol. The first-order valence-electron chi connectivity index (χ1n) is 10.1. The number of nitrogens with zero attached hydrogens (tertiary/aromatic N) is 3. The monoisotopic (exact) mass is 457 g/mol. The molecule has 32 heavy (non-hydrogen) atoms. The third kappa shape index (κ3) is 4.16. The Hall–Kier alpha value is -3.08. The maximum Gasteiger partial charge on any atom is 0.324 e. The third-order valence-corrected chi connectivity index (χ3v) is 7.45. The van der Waals surface area contributed by atoms with E-state index in [9.17, 15) is 23.1 Å². The number of hydrogen-bond donors (Lipinski definition) is 1. The van der Waals surface area contributed by atoms with Gasteiger partial charge in [-0.2, -0.15) is 4.31 Å². The van der Waals surface area contributed by atoms with E-state index >= 15 is 0 Å². The van der Waals surface area contributed by atoms with Gasteiger partial charge in [0.2, 0.25) is 10.0 Å². The van der Waals surface area contributed by atoms with Crippen LogP contribution in [0.1, 0.15) is 23.2 Å². The van der Waals surface area contributed by atoms with Gasteiger partial charge in [0.15, 0.2) is 0 Å². The number of aliphatic hydroxyl groups is 1. The first kappa shape index (κ1) is 22.1. The van der Waals surface area contributed by atoms with Gasteiger partial charge < -0.3 is 9.84 Å². The number of sulfonamides is 1. The Morgan fingerprint density at radius 2 is 1.97 bits per heavy atom. The highest BCUT2D eigenvalue weighted by atomic mass is 32.2. The van der Waals surface area contributed by atoms with Crippen LogP contribution in [0.2, 0.25) is 0 Å². The van der Waals surface area contributed by atoms with Crippen LogP contribution < -0.4 is 5.56 Å². The number of pyridine rings is 1. The molecule has 0 radical (unpaired) electrons. The molecule has 0 aliphatic carbocycles. The lowest BCUT2D eigenvalue weighted by Gasteiger charge is -2.22. The molecule has 4 rings (SSSR count). The Kier molecular flexibility index (Phi) is 5.85. The van der Waals surface area contributed by atoms with Crippen molar-refractivity contribution in [3.05, 3.63) is 75.8 Å². The second kappa shape index (κ2) is 8.45. The molecule has 3 aromatic rings. The van der Waals surface area contributed by atoms with Crippen LogP contribution in [0.4, 0.5) is 0 Å². The van der Waals surface area contributed by atoms with Crippen molar-refractivity contribution in [3.8, 4) is 0 Å². The van der Waals surface area contributed by atoms with E-state index in [4.69, 9.17) is 4.74 Å². The summed E-state index contributed by atoms with van der Waals surface area (Å²) in [5.74, 6) is -0.802. The second-order valence-electron chi connectivity index (χ2n) is 7.85. The number of carbonyl (C=O) groups excluding carboxylic acids is 1. The van der Waals surface area contributed by atoms with Gasteiger partial charge >= 0.3 is 5.97 Å². The van der Waals surface area contributed by atoms with Crippen LogP contribution in [0, 0.1) is 13.8 Å². The van der Waals surface area contributed by atoms with Crippen LogP contribution >= 0.6 is 0 Å². The molecular formula is C22H23N3O6S. The van der Waals surface area contributed by atoms with Gasteiger partial charge in [-0.3, -0.25) is 14.0 Å². The summed E-state index contributed by atoms with van der Waals surface area (Å²) in [6.07, 6.45) is 0.518. The highest BCUT2D eigenvalue weighted by Gasteiger charge is 2.44. The highest BCUT2D eigenvalue weighted by Crippen LogP contribution is 2.28. The molecule has 1 aromatic carbocycles. The van der Waals surface area contributed by atoms with Crippen LogP contribution in [0.3, 0.4) is 0 Å². The fourth-order valence-electron chi connectivity index (χ4n) is 3.69. The number of aliphatic hydroxyl groups excluding tert-OH is 1. The molecule has 0 spiro atoms. The van der Waals surface area contributed by atoms with Crippen LogP contribution in [0.25, 0.3) is 5.65 Å². The summed E-state index contributed by atoms with van der Waals surface area (Å²) in [5.41, 5.74) is 2.08. The number of fused-ring (bicyclic) bond motifs is 1. The molecule has 1 fully saturated rings. The van der Waals surface area contributed by atoms with E-state index in [-0.39, 0.29) is 35.7 Å². The summed E-state index contributed by atoms with van der Waals surface area (Å²) in [4.78, 5) is 29.3. The maximum absolute atomic E-state index is 13.2. The molecule has 0 bridgehead atoms. The van der Waals surface area contributed by atoms with Crippen LogP contribution in [-0.4, -0.2) is 51.9 Å². The summed E-state index contributed by atoms with van der Waals surface area (Å²) in [7, 11) is -4.02. The minimum Gasteiger partial charge on any atom is -0.458 e. The summed E-state index contributed by atoms with van der Waals surface area (Å²) >= 11 is 0. The lowest BCUT2D eigenvalue weighted by atomic mass is 10.1. The van der Waals surface area contributed by atoms with E-state index < -0.39 is 28.1 Å². The lowest BCUT2D eigenvalue weighted by molar-refractivity contribution is -0.149. The van der Waals surface area contributed by atoms with Crippen molar-refractivity contribution in [2.45, 2.75) is 43.9 Å². The molecule has 3 heterocycles. The number of ether oxygens (including phenoxy) is 1. The van der Waals surface area contributed by atoms with Gasteiger partial charge in [0.1, 0.15) is 18.3 Å². The predicted octanol–water partition coefficient (Wildman–Crippen LogP) is 1.18. The fourth-order valence-corrected chi connectivity index (χ4v) is 5.40. The van der Waals surface area contributed by atoms with E-state index in [0.717, 1.165) is 15.4 Å². The van der Waals surface area contributed by atoms with E-state index in [2.05, 4.69) is 4.98 Å². The molecule has 10 heteroatoms. The molecule has 1 N–H and O–H groups in total. The number of β-amino-alcohol motifs (C(OH)–C–C–N with tert-alkyl or cyclic N) is 1. The number of carbonyl (C=O) groups is 1. The van der Waals surface area contributed by atoms with Gasteiger partial charge in [0, 0.05) is 25.2 Å². The number of hydrogen-bond acceptors (Lipinski definition) is 7. The minimum absolute atomic E-state index is 0.0525. The van der Waals surface area contributed by atoms with Crippen molar-refractivity contribution in [2.24, 2.45) is 0 Å². The lowest BCUT2D eigenvalue weighted by Crippen LogP contribution is -2.41. The third-order valence-electron chi connectivity index (χ3n) is 5.58. The number of aromatic nitrogens is 2. The molecular weight excluding hydrogens is 434 g/mol. The summed E-state index contributed by atoms with van der Waals surface area (Å²) in [6.45, 7) is 3.18. The molecule has 2 atom stereocenters. The Morgan fingerprint density at radius 3 is 2.72 bits per heavy atom. The van der Waals surface area contributed by atoms with E-state index in [1.54, 1.807) is 43.5 Å². The second-order valence-corrected chi connectivity index (χ2v) is 9.74. The minimum atomic E-state index is -4.02. The number of aryl methyl sites for hydroxylation is 2. The standard InChI is InChI=1S/C22H23N3O6S/c1-14-6-7-18(9-15(14)2)32(29,30)25-12-17(26)11-19(25)22(28)31-13-16-10-21(27)24-8-4-3-5-20(24)23-16/h3-10,17,19,26H,11-13H2,1-2H3/t17?,19-/m0/s1. The Bertz CT molecular complexity index is 1350. The molecule has 168 valence electrons. The van der Waals surface area contributed by atoms with Crippen molar-refractivity contribution >= 4 is 21.6 Å². The van der Waals surface area contributed by atoms with Gasteiger partial charge in [-0.15, -0.1) is 0 Å². The molecule has 0 amide bonds. The average Bonchev–Trinajstić information content (AvgIpc) is 3.16. The van der Waals surface area contributed by atoms with Crippen LogP contribution in [0.5, 0.6) is 0 Å². The van der Waals surface area contributed by atoms with E-state index in [1.807, 2.05) is 6.92 Å². The topological polar surface area (TPSA) is 118 Å². The van der Waals surface area contributed by atoms with Crippen molar-refractivity contribution in [3.63, 3.8) is 0 Å². The quantitative estimate of drug-likeness (QED) is 0.572. The number of benzene rings is 1. The molecule has 1 unspecified atom stereocenters. The van der Waals surface area contributed by atoms with Crippen molar-refractivity contribution in [2.75, 3.05) is 6.54 Å². The molecule has 0 saturated carbocycles. The number of esters is 1. The van der Waals surface area contributed by atoms with Crippen LogP contribution in [-0.2, 0) is 26.2 Å². The highest BCUT2D eigenvalue weighted by molar-refractivity contribution is 7.89. The van der Waals surface area contributed by atoms with Crippen molar-refractivity contribution in [1.29, 1.82) is 0 Å². The zero-order chi connectivity index (χ0) is 23.0. The summed E-state index contributed by atoms with van der Waals surface area (Å²) < 4.78 is 34.0. The zero-order valence-electron chi connectivity index (χ0n) is 17.6. The first-order chi connectivity index (χ1) is 15.2. The smallest absolute Gasteiger partial charge is 0.324 e. The Morgan fingerprint density at radius 1 is 1.19 bits per heavy atom. The van der Waals surface area contributed by atoms with Gasteiger partial charge in [-0.1, -0.05) is 12.1 Å². The largest absolute Gasteiger partial charge is 0.458 e. The number of rotatable bonds is 5.